The summed E-state index contributed by atoms with van der Waals surface area (Å²) in [5.41, 5.74) is 5.34. The predicted octanol–water partition coefficient (Wildman–Crippen LogP) is 1.70. The predicted molar refractivity (Wildman–Crippen MR) is 75.4 cm³/mol. The molecule has 100 valence electrons. The first-order valence-electron chi connectivity index (χ1n) is 5.36. The molecule has 0 unspecified atom stereocenters. The van der Waals surface area contributed by atoms with Crippen LogP contribution in [-0.4, -0.2) is 21.6 Å². The average Bonchev–Trinajstić information content (AvgIpc) is 2.35. The van der Waals surface area contributed by atoms with Crippen molar-refractivity contribution in [2.75, 3.05) is 12.5 Å². The molecule has 0 spiro atoms. The van der Waals surface area contributed by atoms with E-state index < -0.39 is 5.69 Å². The summed E-state index contributed by atoms with van der Waals surface area (Å²) in [5, 5.41) is 0.827. The molecular formula is C11H11Cl2N5O. The Morgan fingerprint density at radius 3 is 2.42 bits per heavy atom. The second kappa shape index (κ2) is 5.56. The molecule has 0 bridgehead atoms. The lowest BCUT2D eigenvalue weighted by molar-refractivity contribution is 0.776. The number of aromatic nitrogens is 3. The zero-order valence-electron chi connectivity index (χ0n) is 10.2. The van der Waals surface area contributed by atoms with Gasteiger partial charge < -0.3 is 0 Å². The fourth-order valence-corrected chi connectivity index (χ4v) is 2.13. The minimum atomic E-state index is -0.460. The normalized spacial score (nSPS) is 10.5. The lowest BCUT2D eigenvalue weighted by atomic mass is 10.2. The molecule has 0 saturated carbocycles. The van der Waals surface area contributed by atoms with E-state index in [0.29, 0.717) is 21.4 Å². The number of hydrazine groups is 1. The molecule has 1 aromatic carbocycles. The second-order valence-electron chi connectivity index (χ2n) is 3.68. The Bertz CT molecular complexity index is 650. The first kappa shape index (κ1) is 13.8. The molecule has 0 aliphatic heterocycles. The van der Waals surface area contributed by atoms with Crippen LogP contribution in [0.25, 0.3) is 11.4 Å². The highest BCUT2D eigenvalue weighted by Crippen LogP contribution is 2.32. The number of rotatable bonds is 3. The zero-order chi connectivity index (χ0) is 14.0. The molecule has 0 aliphatic carbocycles. The third kappa shape index (κ3) is 2.70. The van der Waals surface area contributed by atoms with Gasteiger partial charge in [-0.2, -0.15) is 9.97 Å². The lowest BCUT2D eigenvalue weighted by Crippen LogP contribution is -2.27. The van der Waals surface area contributed by atoms with E-state index in [1.165, 1.54) is 4.57 Å². The molecular weight excluding hydrogens is 289 g/mol. The van der Waals surface area contributed by atoms with Gasteiger partial charge in [0.25, 0.3) is 0 Å². The molecule has 0 radical (unpaired) electrons. The van der Waals surface area contributed by atoms with Crippen molar-refractivity contribution in [3.8, 4) is 11.4 Å². The van der Waals surface area contributed by atoms with Crippen molar-refractivity contribution in [1.82, 2.24) is 20.0 Å². The third-order valence-electron chi connectivity index (χ3n) is 2.44. The summed E-state index contributed by atoms with van der Waals surface area (Å²) in [6.45, 7) is 0. The highest BCUT2D eigenvalue weighted by atomic mass is 35.5. The van der Waals surface area contributed by atoms with Crippen molar-refractivity contribution >= 4 is 29.2 Å². The van der Waals surface area contributed by atoms with Gasteiger partial charge in [0, 0.05) is 14.1 Å². The first-order valence-corrected chi connectivity index (χ1v) is 6.12. The van der Waals surface area contributed by atoms with Crippen LogP contribution in [0.2, 0.25) is 10.0 Å². The maximum Gasteiger partial charge on any atom is 0.352 e. The van der Waals surface area contributed by atoms with Crippen molar-refractivity contribution in [1.29, 1.82) is 0 Å². The van der Waals surface area contributed by atoms with E-state index in [0.717, 1.165) is 0 Å². The van der Waals surface area contributed by atoms with Crippen LogP contribution in [0.4, 0.5) is 5.95 Å². The van der Waals surface area contributed by atoms with Gasteiger partial charge in [0.2, 0.25) is 5.95 Å². The summed E-state index contributed by atoms with van der Waals surface area (Å²) in [6.07, 6.45) is 0. The van der Waals surface area contributed by atoms with Crippen LogP contribution in [-0.2, 0) is 7.05 Å². The molecule has 0 atom stereocenters. The van der Waals surface area contributed by atoms with E-state index >= 15 is 0 Å². The van der Waals surface area contributed by atoms with E-state index in [-0.39, 0.29) is 5.95 Å². The van der Waals surface area contributed by atoms with Gasteiger partial charge in [-0.15, -0.1) is 0 Å². The van der Waals surface area contributed by atoms with Gasteiger partial charge in [-0.1, -0.05) is 29.3 Å². The van der Waals surface area contributed by atoms with Crippen molar-refractivity contribution in [2.24, 2.45) is 7.05 Å². The first-order chi connectivity index (χ1) is 9.04. The molecule has 1 aromatic heterocycles. The summed E-state index contributed by atoms with van der Waals surface area (Å²) in [5.74, 6) is 0.491. The quantitative estimate of drug-likeness (QED) is 0.844. The van der Waals surface area contributed by atoms with Crippen LogP contribution in [0.3, 0.4) is 0 Å². The Balaban J connectivity index is 2.71. The maximum absolute atomic E-state index is 11.8. The Labute approximate surface area is 119 Å². The molecule has 19 heavy (non-hydrogen) atoms. The number of benzene rings is 1. The molecule has 8 heteroatoms. The van der Waals surface area contributed by atoms with Crippen LogP contribution >= 0.6 is 23.2 Å². The zero-order valence-corrected chi connectivity index (χ0v) is 11.7. The fraction of sp³-hybridized carbons (Fsp3) is 0.182. The minimum absolute atomic E-state index is 0.150. The van der Waals surface area contributed by atoms with Crippen LogP contribution in [0.15, 0.2) is 23.0 Å². The number of nitrogens with zero attached hydrogens (tertiary/aromatic N) is 3. The molecule has 0 saturated heterocycles. The van der Waals surface area contributed by atoms with E-state index in [1.54, 1.807) is 32.3 Å². The van der Waals surface area contributed by atoms with E-state index in [9.17, 15) is 4.79 Å². The number of nitrogens with one attached hydrogen (secondary N) is 2. The molecule has 2 aromatic rings. The second-order valence-corrected chi connectivity index (χ2v) is 4.50. The van der Waals surface area contributed by atoms with Gasteiger partial charge in [0.05, 0.1) is 15.6 Å². The van der Waals surface area contributed by atoms with E-state index in [2.05, 4.69) is 20.8 Å². The maximum atomic E-state index is 11.8. The summed E-state index contributed by atoms with van der Waals surface area (Å²) in [4.78, 5) is 19.8. The van der Waals surface area contributed by atoms with E-state index in [1.807, 2.05) is 0 Å². The number of hydrogen-bond acceptors (Lipinski definition) is 5. The average molecular weight is 300 g/mol. The topological polar surface area (TPSA) is 71.8 Å². The molecule has 0 aliphatic rings. The number of anilines is 1. The van der Waals surface area contributed by atoms with Gasteiger partial charge in [-0.05, 0) is 12.1 Å². The fourth-order valence-electron chi connectivity index (χ4n) is 1.56. The van der Waals surface area contributed by atoms with Gasteiger partial charge in [-0.3, -0.25) is 9.99 Å². The SMILES string of the molecule is CNNc1nc(-c2c(Cl)cccc2Cl)n(C)c(=O)n1. The monoisotopic (exact) mass is 299 g/mol. The van der Waals surface area contributed by atoms with Gasteiger partial charge in [0.1, 0.15) is 0 Å². The largest absolute Gasteiger partial charge is 0.352 e. The van der Waals surface area contributed by atoms with Gasteiger partial charge in [0.15, 0.2) is 5.82 Å². The van der Waals surface area contributed by atoms with Gasteiger partial charge in [-0.25, -0.2) is 10.2 Å². The summed E-state index contributed by atoms with van der Waals surface area (Å²) in [6, 6.07) is 5.08. The van der Waals surface area contributed by atoms with Crippen molar-refractivity contribution in [3.63, 3.8) is 0 Å². The van der Waals surface area contributed by atoms with Crippen LogP contribution in [0.1, 0.15) is 0 Å². The standard InChI is InChI=1S/C11H11Cl2N5O/c1-14-17-10-15-9(18(2)11(19)16-10)8-6(12)4-3-5-7(8)13/h3-5,14H,1-2H3,(H,16,17,19). The third-order valence-corrected chi connectivity index (χ3v) is 3.07. The van der Waals surface area contributed by atoms with Crippen LogP contribution < -0.4 is 16.5 Å². The summed E-state index contributed by atoms with van der Waals surface area (Å²) < 4.78 is 1.29. The summed E-state index contributed by atoms with van der Waals surface area (Å²) in [7, 11) is 3.20. The van der Waals surface area contributed by atoms with E-state index in [4.69, 9.17) is 23.2 Å². The molecule has 0 amide bonds. The van der Waals surface area contributed by atoms with Crippen LogP contribution in [0.5, 0.6) is 0 Å². The van der Waals surface area contributed by atoms with Gasteiger partial charge >= 0.3 is 5.69 Å². The summed E-state index contributed by atoms with van der Waals surface area (Å²) >= 11 is 12.2. The smallest absolute Gasteiger partial charge is 0.290 e. The highest BCUT2D eigenvalue weighted by molar-refractivity contribution is 6.38. The minimum Gasteiger partial charge on any atom is -0.290 e. The Morgan fingerprint density at radius 2 is 1.84 bits per heavy atom. The van der Waals surface area contributed by atoms with Crippen LogP contribution in [0, 0.1) is 0 Å². The van der Waals surface area contributed by atoms with Crippen molar-refractivity contribution < 1.29 is 0 Å². The highest BCUT2D eigenvalue weighted by Gasteiger charge is 2.15. The van der Waals surface area contributed by atoms with Crippen molar-refractivity contribution in [3.05, 3.63) is 38.7 Å². The molecule has 6 nitrogen and oxygen atoms in total. The molecule has 2 rings (SSSR count). The number of halogens is 2. The Hall–Kier alpha value is -1.63. The lowest BCUT2D eigenvalue weighted by Gasteiger charge is -2.11. The molecule has 1 heterocycles. The number of hydrogen-bond donors (Lipinski definition) is 2. The molecule has 0 fully saturated rings. The van der Waals surface area contributed by atoms with Crippen molar-refractivity contribution in [2.45, 2.75) is 0 Å². The Kier molecular flexibility index (Phi) is 4.04. The molecule has 2 N–H and O–H groups in total. The Morgan fingerprint density at radius 1 is 1.21 bits per heavy atom.